The number of carbonyl (C=O) groups is 2. The molecule has 5 nitrogen and oxygen atoms in total. The number of nitrogens with zero attached hydrogens (tertiary/aromatic N) is 1. The Morgan fingerprint density at radius 1 is 1.47 bits per heavy atom. The Morgan fingerprint density at radius 3 is 2.68 bits per heavy atom. The van der Waals surface area contributed by atoms with Crippen molar-refractivity contribution >= 4 is 46.1 Å². The van der Waals surface area contributed by atoms with Crippen LogP contribution in [0.3, 0.4) is 0 Å². The summed E-state index contributed by atoms with van der Waals surface area (Å²) in [5, 5.41) is 9.28. The SMILES string of the molecule is COCCN(CC(=O)O)C(=O)c1ccc(I)c(Cl)c1. The number of benzene rings is 1. The standard InChI is InChI=1S/C12H13ClINO4/c1-19-5-4-15(7-11(16)17)12(18)8-2-3-10(14)9(13)6-8/h2-3,6H,4-5,7H2,1H3,(H,16,17). The number of ether oxygens (including phenoxy) is 1. The molecule has 0 radical (unpaired) electrons. The minimum Gasteiger partial charge on any atom is -0.480 e. The molecule has 104 valence electrons. The van der Waals surface area contributed by atoms with Crippen molar-refractivity contribution in [2.75, 3.05) is 26.8 Å². The highest BCUT2D eigenvalue weighted by Crippen LogP contribution is 2.20. The molecule has 0 atom stereocenters. The molecule has 0 aliphatic rings. The summed E-state index contributed by atoms with van der Waals surface area (Å²) in [4.78, 5) is 24.2. The number of carbonyl (C=O) groups excluding carboxylic acids is 1. The summed E-state index contributed by atoms with van der Waals surface area (Å²) in [5.74, 6) is -1.45. The first-order chi connectivity index (χ1) is 8.95. The van der Waals surface area contributed by atoms with Crippen molar-refractivity contribution in [1.82, 2.24) is 4.90 Å². The average molecular weight is 398 g/mol. The zero-order chi connectivity index (χ0) is 14.4. The summed E-state index contributed by atoms with van der Waals surface area (Å²) < 4.78 is 5.70. The van der Waals surface area contributed by atoms with E-state index in [1.165, 1.54) is 18.1 Å². The van der Waals surface area contributed by atoms with Gasteiger partial charge in [0.25, 0.3) is 5.91 Å². The van der Waals surface area contributed by atoms with Gasteiger partial charge in [0.15, 0.2) is 0 Å². The largest absolute Gasteiger partial charge is 0.480 e. The molecule has 0 fully saturated rings. The van der Waals surface area contributed by atoms with E-state index in [0.29, 0.717) is 10.6 Å². The van der Waals surface area contributed by atoms with Crippen LogP contribution in [0, 0.1) is 3.57 Å². The van der Waals surface area contributed by atoms with Gasteiger partial charge in [0, 0.05) is 22.8 Å². The highest BCUT2D eigenvalue weighted by atomic mass is 127. The first-order valence-corrected chi connectivity index (χ1v) is 6.86. The lowest BCUT2D eigenvalue weighted by molar-refractivity contribution is -0.137. The monoisotopic (exact) mass is 397 g/mol. The Kier molecular flexibility index (Phi) is 6.53. The maximum Gasteiger partial charge on any atom is 0.323 e. The highest BCUT2D eigenvalue weighted by molar-refractivity contribution is 14.1. The zero-order valence-electron chi connectivity index (χ0n) is 10.2. The maximum absolute atomic E-state index is 12.2. The van der Waals surface area contributed by atoms with E-state index < -0.39 is 5.97 Å². The molecule has 0 heterocycles. The van der Waals surface area contributed by atoms with Crippen LogP contribution in [0.4, 0.5) is 0 Å². The van der Waals surface area contributed by atoms with Crippen molar-refractivity contribution in [2.45, 2.75) is 0 Å². The lowest BCUT2D eigenvalue weighted by atomic mass is 10.2. The molecule has 19 heavy (non-hydrogen) atoms. The predicted octanol–water partition coefficient (Wildman–Crippen LogP) is 2.12. The molecule has 7 heteroatoms. The Morgan fingerprint density at radius 2 is 2.16 bits per heavy atom. The molecule has 0 unspecified atom stereocenters. The number of rotatable bonds is 6. The van der Waals surface area contributed by atoms with Crippen molar-refractivity contribution in [1.29, 1.82) is 0 Å². The van der Waals surface area contributed by atoms with E-state index in [1.807, 2.05) is 0 Å². The van der Waals surface area contributed by atoms with Gasteiger partial charge >= 0.3 is 5.97 Å². The van der Waals surface area contributed by atoms with Gasteiger partial charge in [-0.2, -0.15) is 0 Å². The normalized spacial score (nSPS) is 10.3. The summed E-state index contributed by atoms with van der Waals surface area (Å²) in [6, 6.07) is 4.87. The molecular formula is C12H13ClINO4. The Labute approximate surface area is 129 Å². The lowest BCUT2D eigenvalue weighted by Crippen LogP contribution is -2.38. The Bertz CT molecular complexity index is 481. The second kappa shape index (κ2) is 7.66. The van der Waals surface area contributed by atoms with Crippen molar-refractivity contribution in [3.63, 3.8) is 0 Å². The topological polar surface area (TPSA) is 66.8 Å². The molecular weight excluding hydrogens is 384 g/mol. The number of hydrogen-bond acceptors (Lipinski definition) is 3. The van der Waals surface area contributed by atoms with Crippen LogP contribution < -0.4 is 0 Å². The van der Waals surface area contributed by atoms with Gasteiger partial charge in [0.05, 0.1) is 11.6 Å². The number of carboxylic acid groups (broad SMARTS) is 1. The van der Waals surface area contributed by atoms with Crippen LogP contribution in [0.15, 0.2) is 18.2 Å². The summed E-state index contributed by atoms with van der Waals surface area (Å²) in [5.41, 5.74) is 0.364. The average Bonchev–Trinajstić information content (AvgIpc) is 2.36. The lowest BCUT2D eigenvalue weighted by Gasteiger charge is -2.20. The van der Waals surface area contributed by atoms with Gasteiger partial charge in [0.2, 0.25) is 0 Å². The fraction of sp³-hybridized carbons (Fsp3) is 0.333. The minimum atomic E-state index is -1.07. The van der Waals surface area contributed by atoms with Crippen LogP contribution in [0.2, 0.25) is 5.02 Å². The Hall–Kier alpha value is -0.860. The van der Waals surface area contributed by atoms with Gasteiger partial charge in [-0.05, 0) is 40.8 Å². The quantitative estimate of drug-likeness (QED) is 0.747. The molecule has 1 rings (SSSR count). The molecule has 0 saturated carbocycles. The van der Waals surface area contributed by atoms with Gasteiger partial charge in [0.1, 0.15) is 6.54 Å². The molecule has 0 saturated heterocycles. The van der Waals surface area contributed by atoms with Crippen LogP contribution in [0.25, 0.3) is 0 Å². The predicted molar refractivity (Wildman–Crippen MR) is 79.6 cm³/mol. The van der Waals surface area contributed by atoms with E-state index in [1.54, 1.807) is 12.1 Å². The van der Waals surface area contributed by atoms with E-state index in [2.05, 4.69) is 22.6 Å². The molecule has 1 amide bonds. The summed E-state index contributed by atoms with van der Waals surface area (Å²) in [7, 11) is 1.49. The Balaban J connectivity index is 2.90. The smallest absolute Gasteiger partial charge is 0.323 e. The summed E-state index contributed by atoms with van der Waals surface area (Å²) in [6.07, 6.45) is 0. The van der Waals surface area contributed by atoms with Crippen molar-refractivity contribution in [3.05, 3.63) is 32.4 Å². The van der Waals surface area contributed by atoms with Crippen LogP contribution >= 0.6 is 34.2 Å². The second-order valence-electron chi connectivity index (χ2n) is 3.74. The molecule has 0 aromatic heterocycles. The summed E-state index contributed by atoms with van der Waals surface area (Å²) >= 11 is 8.01. The van der Waals surface area contributed by atoms with Crippen molar-refractivity contribution < 1.29 is 19.4 Å². The number of amides is 1. The number of carboxylic acids is 1. The van der Waals surface area contributed by atoms with Crippen LogP contribution in [0.5, 0.6) is 0 Å². The first kappa shape index (κ1) is 16.2. The molecule has 1 aromatic rings. The van der Waals surface area contributed by atoms with E-state index >= 15 is 0 Å². The molecule has 0 bridgehead atoms. The van der Waals surface area contributed by atoms with Gasteiger partial charge in [-0.3, -0.25) is 9.59 Å². The highest BCUT2D eigenvalue weighted by Gasteiger charge is 2.18. The number of halogens is 2. The fourth-order valence-electron chi connectivity index (χ4n) is 1.43. The third-order valence-electron chi connectivity index (χ3n) is 2.35. The fourth-order valence-corrected chi connectivity index (χ4v) is 1.94. The molecule has 0 aliphatic heterocycles. The van der Waals surface area contributed by atoms with Gasteiger partial charge in [-0.1, -0.05) is 11.6 Å². The third-order valence-corrected chi connectivity index (χ3v) is 3.92. The van der Waals surface area contributed by atoms with Crippen molar-refractivity contribution in [2.24, 2.45) is 0 Å². The van der Waals surface area contributed by atoms with E-state index in [4.69, 9.17) is 21.4 Å². The molecule has 1 N–H and O–H groups in total. The molecule has 0 spiro atoms. The van der Waals surface area contributed by atoms with Gasteiger partial charge in [-0.15, -0.1) is 0 Å². The van der Waals surface area contributed by atoms with Gasteiger partial charge in [-0.25, -0.2) is 0 Å². The third kappa shape index (κ3) is 4.96. The van der Waals surface area contributed by atoms with E-state index in [0.717, 1.165) is 3.57 Å². The summed E-state index contributed by atoms with van der Waals surface area (Å²) in [6.45, 7) is 0.119. The van der Waals surface area contributed by atoms with Crippen LogP contribution in [-0.2, 0) is 9.53 Å². The van der Waals surface area contributed by atoms with Gasteiger partial charge < -0.3 is 14.7 Å². The minimum absolute atomic E-state index is 0.214. The molecule has 1 aromatic carbocycles. The number of hydrogen-bond donors (Lipinski definition) is 1. The number of aliphatic carboxylic acids is 1. The zero-order valence-corrected chi connectivity index (χ0v) is 13.1. The number of methoxy groups -OCH3 is 1. The van der Waals surface area contributed by atoms with E-state index in [9.17, 15) is 9.59 Å². The second-order valence-corrected chi connectivity index (χ2v) is 5.31. The first-order valence-electron chi connectivity index (χ1n) is 5.40. The van der Waals surface area contributed by atoms with E-state index in [-0.39, 0.29) is 25.6 Å². The van der Waals surface area contributed by atoms with Crippen LogP contribution in [0.1, 0.15) is 10.4 Å². The van der Waals surface area contributed by atoms with Crippen LogP contribution in [-0.4, -0.2) is 48.7 Å². The maximum atomic E-state index is 12.2. The molecule has 0 aliphatic carbocycles. The van der Waals surface area contributed by atoms with Crippen molar-refractivity contribution in [3.8, 4) is 0 Å².